The number of carbonyl (C=O) groups is 1. The topological polar surface area (TPSA) is 80.9 Å². The van der Waals surface area contributed by atoms with Gasteiger partial charge < -0.3 is 19.5 Å². The molecule has 0 aliphatic heterocycles. The Morgan fingerprint density at radius 2 is 1.63 bits per heavy atom. The van der Waals surface area contributed by atoms with Crippen LogP contribution >= 0.6 is 12.2 Å². The first-order chi connectivity index (χ1) is 12.9. The predicted molar refractivity (Wildman–Crippen MR) is 108 cm³/mol. The summed E-state index contributed by atoms with van der Waals surface area (Å²) in [7, 11) is 4.52. The van der Waals surface area contributed by atoms with E-state index < -0.39 is 0 Å². The Morgan fingerprint density at radius 3 is 2.26 bits per heavy atom. The Hall–Kier alpha value is -2.22. The Morgan fingerprint density at radius 1 is 1.00 bits per heavy atom. The maximum Gasteiger partial charge on any atom is 0.273 e. The second-order valence-corrected chi connectivity index (χ2v) is 7.24. The van der Waals surface area contributed by atoms with Crippen molar-refractivity contribution in [2.24, 2.45) is 11.8 Å². The van der Waals surface area contributed by atoms with Gasteiger partial charge in [-0.05, 0) is 30.5 Å². The number of benzene rings is 1. The van der Waals surface area contributed by atoms with Crippen LogP contribution in [0, 0.1) is 11.8 Å². The highest BCUT2D eigenvalue weighted by Crippen LogP contribution is 2.34. The van der Waals surface area contributed by atoms with Crippen LogP contribution in [0.2, 0.25) is 0 Å². The second kappa shape index (κ2) is 9.64. The smallest absolute Gasteiger partial charge is 0.273 e. The third-order valence-electron chi connectivity index (χ3n) is 5.26. The molecule has 2 rings (SSSR count). The van der Waals surface area contributed by atoms with Crippen LogP contribution in [0.4, 0.5) is 0 Å². The summed E-state index contributed by atoms with van der Waals surface area (Å²) in [5.41, 5.74) is 5.69. The minimum absolute atomic E-state index is 0.307. The van der Waals surface area contributed by atoms with E-state index in [0.717, 1.165) is 6.42 Å². The summed E-state index contributed by atoms with van der Waals surface area (Å²) in [6.45, 7) is 4.50. The molecule has 1 aromatic carbocycles. The number of methoxy groups -OCH3 is 3. The van der Waals surface area contributed by atoms with Crippen molar-refractivity contribution < 1.29 is 19.0 Å². The first kappa shape index (κ1) is 21.1. The number of rotatable bonds is 5. The molecule has 0 unspecified atom stereocenters. The van der Waals surface area contributed by atoms with Crippen LogP contribution in [0.15, 0.2) is 12.1 Å². The summed E-state index contributed by atoms with van der Waals surface area (Å²) in [4.78, 5) is 12.6. The van der Waals surface area contributed by atoms with Crippen LogP contribution in [-0.4, -0.2) is 38.4 Å². The highest BCUT2D eigenvalue weighted by Gasteiger charge is 2.27. The molecule has 150 valence electrons. The van der Waals surface area contributed by atoms with E-state index in [9.17, 15) is 4.79 Å². The minimum atomic E-state index is -0.387. The lowest BCUT2D eigenvalue weighted by molar-refractivity contribution is 0.0939. The van der Waals surface area contributed by atoms with Gasteiger partial charge in [-0.15, -0.1) is 0 Å². The van der Waals surface area contributed by atoms with E-state index >= 15 is 0 Å². The molecular formula is C19H29N3O4S. The molecule has 3 N–H and O–H groups in total. The van der Waals surface area contributed by atoms with Crippen LogP contribution < -0.4 is 30.4 Å². The van der Waals surface area contributed by atoms with Gasteiger partial charge in [-0.2, -0.15) is 0 Å². The number of thiocarbonyl (C=S) groups is 1. The molecule has 0 heterocycles. The predicted octanol–water partition coefficient (Wildman–Crippen LogP) is 2.65. The fourth-order valence-corrected chi connectivity index (χ4v) is 3.58. The summed E-state index contributed by atoms with van der Waals surface area (Å²) in [5, 5.41) is 3.70. The van der Waals surface area contributed by atoms with Crippen molar-refractivity contribution in [3.05, 3.63) is 17.7 Å². The molecule has 0 bridgehead atoms. The molecule has 3 atom stereocenters. The summed E-state index contributed by atoms with van der Waals surface area (Å²) < 4.78 is 15.8. The highest BCUT2D eigenvalue weighted by molar-refractivity contribution is 7.80. The molecule has 7 nitrogen and oxygen atoms in total. The molecule has 8 heteroatoms. The van der Waals surface area contributed by atoms with Crippen molar-refractivity contribution >= 4 is 23.2 Å². The van der Waals surface area contributed by atoms with Gasteiger partial charge in [0.1, 0.15) is 5.75 Å². The monoisotopic (exact) mass is 395 g/mol. The highest BCUT2D eigenvalue weighted by atomic mass is 32.1. The van der Waals surface area contributed by atoms with E-state index in [1.165, 1.54) is 34.2 Å². The van der Waals surface area contributed by atoms with Crippen molar-refractivity contribution in [3.8, 4) is 17.2 Å². The van der Waals surface area contributed by atoms with Gasteiger partial charge in [-0.3, -0.25) is 15.6 Å². The van der Waals surface area contributed by atoms with Gasteiger partial charge >= 0.3 is 0 Å². The van der Waals surface area contributed by atoms with Crippen LogP contribution in [0.3, 0.4) is 0 Å². The summed E-state index contributed by atoms with van der Waals surface area (Å²) in [5.74, 6) is 2.10. The molecule has 1 saturated carbocycles. The molecule has 0 aromatic heterocycles. The normalized spacial score (nSPS) is 21.7. The molecule has 1 amide bonds. The zero-order valence-corrected chi connectivity index (χ0v) is 17.4. The van der Waals surface area contributed by atoms with Gasteiger partial charge in [0.05, 0.1) is 26.9 Å². The van der Waals surface area contributed by atoms with Gasteiger partial charge in [0.25, 0.3) is 5.91 Å². The number of hydrazine groups is 1. The lowest BCUT2D eigenvalue weighted by Gasteiger charge is -2.35. The largest absolute Gasteiger partial charge is 0.496 e. The maximum absolute atomic E-state index is 12.6. The van der Waals surface area contributed by atoms with E-state index in [1.54, 1.807) is 12.1 Å². The van der Waals surface area contributed by atoms with Gasteiger partial charge in [0.2, 0.25) is 0 Å². The van der Waals surface area contributed by atoms with Gasteiger partial charge in [0, 0.05) is 18.2 Å². The lowest BCUT2D eigenvalue weighted by Crippen LogP contribution is -2.52. The molecular weight excluding hydrogens is 366 g/mol. The fraction of sp³-hybridized carbons (Fsp3) is 0.579. The van der Waals surface area contributed by atoms with Gasteiger partial charge in [-0.1, -0.05) is 26.7 Å². The molecule has 1 aliphatic carbocycles. The Bertz CT molecular complexity index is 683. The Labute approximate surface area is 166 Å². The standard InChI is InChI=1S/C19H29N3O4S/c1-11-7-6-8-14(12(11)2)20-19(27)22-21-18(23)13-9-16(25-4)17(26-5)10-15(13)24-3/h9-12,14H,6-8H2,1-5H3,(H,21,23)(H2,20,22,27)/t11-,12+,14-/m0/s1. The van der Waals surface area contributed by atoms with E-state index in [-0.39, 0.29) is 5.91 Å². The third-order valence-corrected chi connectivity index (χ3v) is 5.48. The molecule has 27 heavy (non-hydrogen) atoms. The lowest BCUT2D eigenvalue weighted by atomic mass is 9.78. The van der Waals surface area contributed by atoms with Crippen molar-refractivity contribution in [1.29, 1.82) is 0 Å². The van der Waals surface area contributed by atoms with Crippen LogP contribution in [0.25, 0.3) is 0 Å². The Balaban J connectivity index is 1.99. The molecule has 1 aromatic rings. The van der Waals surface area contributed by atoms with E-state index in [4.69, 9.17) is 26.4 Å². The molecule has 0 radical (unpaired) electrons. The number of amides is 1. The summed E-state index contributed by atoms with van der Waals surface area (Å²) >= 11 is 5.33. The molecule has 0 spiro atoms. The number of hydrogen-bond acceptors (Lipinski definition) is 5. The van der Waals surface area contributed by atoms with Crippen molar-refractivity contribution in [2.45, 2.75) is 39.2 Å². The zero-order valence-electron chi connectivity index (χ0n) is 16.5. The van der Waals surface area contributed by atoms with Crippen molar-refractivity contribution in [2.75, 3.05) is 21.3 Å². The second-order valence-electron chi connectivity index (χ2n) is 6.83. The van der Waals surface area contributed by atoms with Crippen molar-refractivity contribution in [1.82, 2.24) is 16.2 Å². The number of nitrogens with one attached hydrogen (secondary N) is 3. The van der Waals surface area contributed by atoms with E-state index in [1.807, 2.05) is 0 Å². The first-order valence-corrected chi connectivity index (χ1v) is 9.48. The van der Waals surface area contributed by atoms with Gasteiger partial charge in [0.15, 0.2) is 16.6 Å². The molecule has 1 fully saturated rings. The maximum atomic E-state index is 12.6. The summed E-state index contributed by atoms with van der Waals surface area (Å²) in [6, 6.07) is 3.48. The molecule has 0 saturated heterocycles. The zero-order chi connectivity index (χ0) is 20.0. The average Bonchev–Trinajstić information content (AvgIpc) is 2.68. The van der Waals surface area contributed by atoms with Crippen LogP contribution in [0.5, 0.6) is 17.2 Å². The number of hydrogen-bond donors (Lipinski definition) is 3. The minimum Gasteiger partial charge on any atom is -0.496 e. The third kappa shape index (κ3) is 5.15. The van der Waals surface area contributed by atoms with Crippen molar-refractivity contribution in [3.63, 3.8) is 0 Å². The SMILES string of the molecule is COc1cc(OC)c(C(=O)NNC(=S)N[C@H]2CCC[C@H](C)[C@H]2C)cc1OC. The van der Waals surface area contributed by atoms with Crippen LogP contribution in [0.1, 0.15) is 43.5 Å². The average molecular weight is 396 g/mol. The van der Waals surface area contributed by atoms with Crippen LogP contribution in [-0.2, 0) is 0 Å². The number of carbonyl (C=O) groups excluding carboxylic acids is 1. The van der Waals surface area contributed by atoms with E-state index in [2.05, 4.69) is 30.0 Å². The molecule has 1 aliphatic rings. The Kier molecular flexibility index (Phi) is 7.53. The van der Waals surface area contributed by atoms with Gasteiger partial charge in [-0.25, -0.2) is 0 Å². The number of ether oxygens (including phenoxy) is 3. The fourth-order valence-electron chi connectivity index (χ4n) is 3.38. The van der Waals surface area contributed by atoms with E-state index in [0.29, 0.717) is 45.8 Å². The quantitative estimate of drug-likeness (QED) is 0.522. The summed E-state index contributed by atoms with van der Waals surface area (Å²) in [6.07, 6.45) is 3.50. The first-order valence-electron chi connectivity index (χ1n) is 9.08.